The van der Waals surface area contributed by atoms with Crippen LogP contribution in [0.2, 0.25) is 0 Å². The molecule has 7 heteroatoms. The molecule has 1 atom stereocenters. The van der Waals surface area contributed by atoms with Crippen molar-refractivity contribution in [2.75, 3.05) is 12.4 Å². The molecule has 1 N–H and O–H groups in total. The highest BCUT2D eigenvalue weighted by Gasteiger charge is 2.16. The molecule has 26 heavy (non-hydrogen) atoms. The van der Waals surface area contributed by atoms with Crippen LogP contribution in [0, 0.1) is 6.92 Å². The molecule has 0 aliphatic carbocycles. The number of nitrogens with zero attached hydrogens (tertiary/aromatic N) is 1. The van der Waals surface area contributed by atoms with E-state index in [9.17, 15) is 4.79 Å². The Balaban J connectivity index is 1.55. The normalized spacial score (nSPS) is 12.0. The molecule has 3 aromatic rings. The van der Waals surface area contributed by atoms with Gasteiger partial charge in [0.2, 0.25) is 0 Å². The predicted molar refractivity (Wildman–Crippen MR) is 106 cm³/mol. The lowest BCUT2D eigenvalue weighted by Crippen LogP contribution is -2.27. The zero-order valence-electron chi connectivity index (χ0n) is 14.8. The zero-order valence-corrected chi connectivity index (χ0v) is 16.4. The van der Waals surface area contributed by atoms with E-state index in [1.54, 1.807) is 25.4 Å². The van der Waals surface area contributed by atoms with Crippen LogP contribution in [-0.4, -0.2) is 24.1 Å². The lowest BCUT2D eigenvalue weighted by molar-refractivity contribution is -0.127. The highest BCUT2D eigenvalue weighted by molar-refractivity contribution is 7.17. The summed E-state index contributed by atoms with van der Waals surface area (Å²) in [7, 11) is 1.62. The van der Waals surface area contributed by atoms with Crippen LogP contribution in [0.3, 0.4) is 0 Å². The number of hydrogen-bond acceptors (Lipinski definition) is 6. The van der Waals surface area contributed by atoms with E-state index >= 15 is 0 Å². The standard InChI is InChI=1S/C19H20N2O3S2/c1-12-7-8-17(26-12)16-11-25-19(20-16)21-18(22)13(2)24-10-14-5-4-6-15(9-14)23-3/h4-9,11,13H,10H2,1-3H3,(H,20,21,22). The first-order valence-corrected chi connectivity index (χ1v) is 9.82. The maximum absolute atomic E-state index is 12.3. The number of methoxy groups -OCH3 is 1. The van der Waals surface area contributed by atoms with Gasteiger partial charge in [-0.15, -0.1) is 22.7 Å². The van der Waals surface area contributed by atoms with Gasteiger partial charge in [-0.2, -0.15) is 0 Å². The van der Waals surface area contributed by atoms with E-state index in [-0.39, 0.29) is 5.91 Å². The summed E-state index contributed by atoms with van der Waals surface area (Å²) in [6.07, 6.45) is -0.586. The molecule has 0 radical (unpaired) electrons. The number of anilines is 1. The minimum Gasteiger partial charge on any atom is -0.497 e. The number of nitrogens with one attached hydrogen (secondary N) is 1. The van der Waals surface area contributed by atoms with E-state index < -0.39 is 6.10 Å². The molecule has 1 amide bonds. The van der Waals surface area contributed by atoms with Crippen LogP contribution in [0.15, 0.2) is 41.8 Å². The van der Waals surface area contributed by atoms with Crippen LogP contribution in [0.25, 0.3) is 10.6 Å². The number of carbonyl (C=O) groups excluding carboxylic acids is 1. The van der Waals surface area contributed by atoms with Crippen LogP contribution < -0.4 is 10.1 Å². The number of amides is 1. The van der Waals surface area contributed by atoms with E-state index in [1.165, 1.54) is 16.2 Å². The molecule has 5 nitrogen and oxygen atoms in total. The van der Waals surface area contributed by atoms with E-state index in [1.807, 2.05) is 35.7 Å². The van der Waals surface area contributed by atoms with Crippen LogP contribution in [-0.2, 0) is 16.1 Å². The number of thiazole rings is 1. The van der Waals surface area contributed by atoms with Crippen molar-refractivity contribution >= 4 is 33.7 Å². The van der Waals surface area contributed by atoms with Gasteiger partial charge in [0.25, 0.3) is 5.91 Å². The molecule has 1 unspecified atom stereocenters. The smallest absolute Gasteiger partial charge is 0.255 e. The van der Waals surface area contributed by atoms with Gasteiger partial charge in [-0.3, -0.25) is 10.1 Å². The van der Waals surface area contributed by atoms with Gasteiger partial charge in [0.1, 0.15) is 11.9 Å². The van der Waals surface area contributed by atoms with Crippen molar-refractivity contribution in [2.45, 2.75) is 26.6 Å². The third-order valence-corrected chi connectivity index (χ3v) is 5.51. The molecule has 0 saturated carbocycles. The molecule has 0 saturated heterocycles. The van der Waals surface area contributed by atoms with Crippen molar-refractivity contribution in [3.8, 4) is 16.3 Å². The Bertz CT molecular complexity index is 888. The minimum absolute atomic E-state index is 0.212. The number of rotatable bonds is 7. The molecule has 3 rings (SSSR count). The van der Waals surface area contributed by atoms with Crippen LogP contribution in [0.1, 0.15) is 17.4 Å². The Labute approximate surface area is 160 Å². The van der Waals surface area contributed by atoms with Crippen molar-refractivity contribution in [2.24, 2.45) is 0 Å². The maximum atomic E-state index is 12.3. The molecule has 0 aliphatic rings. The Kier molecular flexibility index (Phi) is 6.03. The average Bonchev–Trinajstić information content (AvgIpc) is 3.28. The summed E-state index contributed by atoms with van der Waals surface area (Å²) in [5, 5.41) is 5.34. The molecular weight excluding hydrogens is 368 g/mol. The van der Waals surface area contributed by atoms with Crippen molar-refractivity contribution in [1.82, 2.24) is 4.98 Å². The van der Waals surface area contributed by atoms with Crippen molar-refractivity contribution in [1.29, 1.82) is 0 Å². The van der Waals surface area contributed by atoms with Gasteiger partial charge < -0.3 is 9.47 Å². The van der Waals surface area contributed by atoms with Gasteiger partial charge in [-0.1, -0.05) is 12.1 Å². The minimum atomic E-state index is -0.586. The molecule has 2 aromatic heterocycles. The van der Waals surface area contributed by atoms with Gasteiger partial charge in [0, 0.05) is 10.3 Å². The van der Waals surface area contributed by atoms with Gasteiger partial charge in [0.05, 0.1) is 24.3 Å². The fourth-order valence-electron chi connectivity index (χ4n) is 2.28. The molecule has 136 valence electrons. The van der Waals surface area contributed by atoms with Crippen LogP contribution in [0.5, 0.6) is 5.75 Å². The molecule has 0 bridgehead atoms. The van der Waals surface area contributed by atoms with E-state index in [2.05, 4.69) is 23.3 Å². The average molecular weight is 389 g/mol. The van der Waals surface area contributed by atoms with E-state index in [0.29, 0.717) is 11.7 Å². The first-order chi connectivity index (χ1) is 12.5. The summed E-state index contributed by atoms with van der Waals surface area (Å²) in [5.74, 6) is 0.554. The summed E-state index contributed by atoms with van der Waals surface area (Å²) in [6, 6.07) is 11.7. The molecule has 0 spiro atoms. The molecular formula is C19H20N2O3S2. The Morgan fingerprint density at radius 2 is 2.15 bits per heavy atom. The molecule has 0 aliphatic heterocycles. The van der Waals surface area contributed by atoms with Gasteiger partial charge in [0.15, 0.2) is 5.13 Å². The van der Waals surface area contributed by atoms with Crippen molar-refractivity contribution in [3.05, 3.63) is 52.2 Å². The van der Waals surface area contributed by atoms with Crippen molar-refractivity contribution in [3.63, 3.8) is 0 Å². The summed E-state index contributed by atoms with van der Waals surface area (Å²) >= 11 is 3.09. The lowest BCUT2D eigenvalue weighted by Gasteiger charge is -2.12. The number of aryl methyl sites for hydroxylation is 1. The third-order valence-electron chi connectivity index (χ3n) is 3.73. The summed E-state index contributed by atoms with van der Waals surface area (Å²) in [4.78, 5) is 19.1. The Hall–Kier alpha value is -2.22. The predicted octanol–water partition coefficient (Wildman–Crippen LogP) is 4.73. The van der Waals surface area contributed by atoms with Gasteiger partial charge in [-0.25, -0.2) is 4.98 Å². The molecule has 0 fully saturated rings. The lowest BCUT2D eigenvalue weighted by atomic mass is 10.2. The maximum Gasteiger partial charge on any atom is 0.255 e. The van der Waals surface area contributed by atoms with Crippen LogP contribution >= 0.6 is 22.7 Å². The van der Waals surface area contributed by atoms with E-state index in [0.717, 1.165) is 21.9 Å². The first kappa shape index (κ1) is 18.6. The number of ether oxygens (including phenoxy) is 2. The van der Waals surface area contributed by atoms with Gasteiger partial charge in [-0.05, 0) is 43.7 Å². The second kappa shape index (κ2) is 8.44. The topological polar surface area (TPSA) is 60.5 Å². The number of benzene rings is 1. The monoisotopic (exact) mass is 388 g/mol. The quantitative estimate of drug-likeness (QED) is 0.635. The van der Waals surface area contributed by atoms with Gasteiger partial charge >= 0.3 is 0 Å². The van der Waals surface area contributed by atoms with Crippen LogP contribution in [0.4, 0.5) is 5.13 Å². The Morgan fingerprint density at radius 1 is 1.31 bits per heavy atom. The number of aromatic nitrogens is 1. The van der Waals surface area contributed by atoms with Crippen molar-refractivity contribution < 1.29 is 14.3 Å². The fraction of sp³-hybridized carbons (Fsp3) is 0.263. The molecule has 2 heterocycles. The zero-order chi connectivity index (χ0) is 18.5. The SMILES string of the molecule is COc1cccc(COC(C)C(=O)Nc2nc(-c3ccc(C)s3)cs2)c1. The first-order valence-electron chi connectivity index (χ1n) is 8.13. The second-order valence-corrected chi connectivity index (χ2v) is 7.89. The summed E-state index contributed by atoms with van der Waals surface area (Å²) in [6.45, 7) is 4.13. The molecule has 1 aromatic carbocycles. The largest absolute Gasteiger partial charge is 0.497 e. The summed E-state index contributed by atoms with van der Waals surface area (Å²) in [5.41, 5.74) is 1.84. The number of thiophene rings is 1. The highest BCUT2D eigenvalue weighted by Crippen LogP contribution is 2.30. The second-order valence-electron chi connectivity index (χ2n) is 5.74. The third kappa shape index (κ3) is 4.69. The van der Waals surface area contributed by atoms with E-state index in [4.69, 9.17) is 9.47 Å². The Morgan fingerprint density at radius 3 is 2.88 bits per heavy atom. The highest BCUT2D eigenvalue weighted by atomic mass is 32.1. The summed E-state index contributed by atoms with van der Waals surface area (Å²) < 4.78 is 10.9. The number of carbonyl (C=O) groups is 1. The fourth-order valence-corrected chi connectivity index (χ4v) is 3.90. The number of hydrogen-bond donors (Lipinski definition) is 1.